The first kappa shape index (κ1) is 16.9. The number of carbonyl (C=O) groups is 2. The van der Waals surface area contributed by atoms with Crippen LogP contribution in [0.4, 0.5) is 9.18 Å². The number of aromatic nitrogens is 3. The van der Waals surface area contributed by atoms with Gasteiger partial charge in [-0.1, -0.05) is 17.3 Å². The highest BCUT2D eigenvalue weighted by atomic mass is 19.1. The van der Waals surface area contributed by atoms with Gasteiger partial charge in [0.15, 0.2) is 5.69 Å². The summed E-state index contributed by atoms with van der Waals surface area (Å²) >= 11 is 0. The molecule has 0 spiro atoms. The standard InChI is InChI=1S/C16H19FN6O2/c1-22-10-14(20-21-22)15(24)19-9-13(23-6-5-18-16(23)25)8-11-3-2-4-12(17)7-11/h2-4,7,10,13H,5-6,8-9H2,1H3,(H,18,25)(H,19,24). The summed E-state index contributed by atoms with van der Waals surface area (Å²) in [6, 6.07) is 5.76. The maximum absolute atomic E-state index is 13.4. The molecule has 9 heteroatoms. The molecule has 25 heavy (non-hydrogen) atoms. The molecule has 1 saturated heterocycles. The summed E-state index contributed by atoms with van der Waals surface area (Å²) in [5.41, 5.74) is 0.969. The summed E-state index contributed by atoms with van der Waals surface area (Å²) in [6.45, 7) is 1.33. The average molecular weight is 346 g/mol. The van der Waals surface area contributed by atoms with E-state index in [0.717, 1.165) is 5.56 Å². The predicted molar refractivity (Wildman–Crippen MR) is 87.3 cm³/mol. The van der Waals surface area contributed by atoms with E-state index in [1.54, 1.807) is 24.1 Å². The van der Waals surface area contributed by atoms with Crippen molar-refractivity contribution >= 4 is 11.9 Å². The Hall–Kier alpha value is -2.97. The lowest BCUT2D eigenvalue weighted by atomic mass is 10.0. The van der Waals surface area contributed by atoms with Gasteiger partial charge in [-0.2, -0.15) is 0 Å². The Morgan fingerprint density at radius 1 is 1.48 bits per heavy atom. The lowest BCUT2D eigenvalue weighted by molar-refractivity contribution is 0.0935. The van der Waals surface area contributed by atoms with Crippen LogP contribution in [0.1, 0.15) is 16.1 Å². The fourth-order valence-electron chi connectivity index (χ4n) is 2.82. The van der Waals surface area contributed by atoms with E-state index in [0.29, 0.717) is 19.5 Å². The van der Waals surface area contributed by atoms with Crippen LogP contribution >= 0.6 is 0 Å². The topological polar surface area (TPSA) is 92.2 Å². The largest absolute Gasteiger partial charge is 0.349 e. The first-order valence-corrected chi connectivity index (χ1v) is 7.96. The van der Waals surface area contributed by atoms with Crippen molar-refractivity contribution in [1.29, 1.82) is 0 Å². The molecule has 8 nitrogen and oxygen atoms in total. The van der Waals surface area contributed by atoms with Crippen LogP contribution in [0.5, 0.6) is 0 Å². The molecule has 2 heterocycles. The van der Waals surface area contributed by atoms with Crippen LogP contribution in [0.15, 0.2) is 30.5 Å². The highest BCUT2D eigenvalue weighted by molar-refractivity contribution is 5.91. The third kappa shape index (κ3) is 4.11. The number of aryl methyl sites for hydroxylation is 1. The number of nitrogens with one attached hydrogen (secondary N) is 2. The van der Waals surface area contributed by atoms with Gasteiger partial charge in [0.1, 0.15) is 5.82 Å². The number of hydrogen-bond acceptors (Lipinski definition) is 4. The van der Waals surface area contributed by atoms with Crippen molar-refractivity contribution in [2.24, 2.45) is 7.05 Å². The van der Waals surface area contributed by atoms with E-state index in [2.05, 4.69) is 20.9 Å². The van der Waals surface area contributed by atoms with Crippen LogP contribution in [0.3, 0.4) is 0 Å². The van der Waals surface area contributed by atoms with E-state index in [1.807, 2.05) is 0 Å². The molecule has 2 N–H and O–H groups in total. The Labute approximate surface area is 144 Å². The molecule has 0 aliphatic carbocycles. The maximum atomic E-state index is 13.4. The first-order valence-electron chi connectivity index (χ1n) is 7.96. The van der Waals surface area contributed by atoms with Gasteiger partial charge in [-0.25, -0.2) is 9.18 Å². The van der Waals surface area contributed by atoms with E-state index < -0.39 is 0 Å². The predicted octanol–water partition coefficient (Wildman–Crippen LogP) is 0.321. The van der Waals surface area contributed by atoms with Crippen molar-refractivity contribution in [2.75, 3.05) is 19.6 Å². The molecular formula is C16H19FN6O2. The molecule has 1 aliphatic rings. The number of benzene rings is 1. The third-order valence-electron chi connectivity index (χ3n) is 4.02. The zero-order valence-electron chi connectivity index (χ0n) is 13.8. The monoisotopic (exact) mass is 346 g/mol. The van der Waals surface area contributed by atoms with Gasteiger partial charge in [0.05, 0.1) is 12.2 Å². The number of rotatable bonds is 6. The number of carbonyl (C=O) groups excluding carboxylic acids is 2. The number of amides is 3. The lowest BCUT2D eigenvalue weighted by Crippen LogP contribution is -2.46. The van der Waals surface area contributed by atoms with Crippen LogP contribution in [0.2, 0.25) is 0 Å². The van der Waals surface area contributed by atoms with Crippen molar-refractivity contribution in [1.82, 2.24) is 30.5 Å². The minimum atomic E-state index is -0.364. The fraction of sp³-hybridized carbons (Fsp3) is 0.375. The molecule has 1 aromatic carbocycles. The summed E-state index contributed by atoms with van der Waals surface area (Å²) in [7, 11) is 1.67. The maximum Gasteiger partial charge on any atom is 0.317 e. The van der Waals surface area contributed by atoms with Crippen LogP contribution in [0, 0.1) is 5.82 Å². The zero-order valence-corrected chi connectivity index (χ0v) is 13.8. The van der Waals surface area contributed by atoms with E-state index in [4.69, 9.17) is 0 Å². The van der Waals surface area contributed by atoms with Gasteiger partial charge in [-0.15, -0.1) is 5.10 Å². The number of nitrogens with zero attached hydrogens (tertiary/aromatic N) is 4. The van der Waals surface area contributed by atoms with Crippen molar-refractivity contribution in [3.63, 3.8) is 0 Å². The molecule has 1 atom stereocenters. The number of urea groups is 1. The van der Waals surface area contributed by atoms with Crippen molar-refractivity contribution in [3.05, 3.63) is 47.5 Å². The Balaban J connectivity index is 1.70. The summed E-state index contributed by atoms with van der Waals surface area (Å²) in [6.07, 6.45) is 1.95. The van der Waals surface area contributed by atoms with Gasteiger partial charge in [0.25, 0.3) is 5.91 Å². The van der Waals surface area contributed by atoms with Crippen molar-refractivity contribution in [2.45, 2.75) is 12.5 Å². The normalized spacial score (nSPS) is 15.1. The second-order valence-electron chi connectivity index (χ2n) is 5.90. The molecule has 3 amide bonds. The van der Waals surface area contributed by atoms with Crippen LogP contribution in [0.25, 0.3) is 0 Å². The highest BCUT2D eigenvalue weighted by Gasteiger charge is 2.28. The molecule has 132 valence electrons. The Kier molecular flexibility index (Phi) is 4.92. The molecule has 0 saturated carbocycles. The van der Waals surface area contributed by atoms with Crippen molar-refractivity contribution < 1.29 is 14.0 Å². The van der Waals surface area contributed by atoms with Crippen molar-refractivity contribution in [3.8, 4) is 0 Å². The molecule has 1 aromatic heterocycles. The third-order valence-corrected chi connectivity index (χ3v) is 4.02. The smallest absolute Gasteiger partial charge is 0.317 e. The van der Waals surface area contributed by atoms with Crippen LogP contribution < -0.4 is 10.6 Å². The van der Waals surface area contributed by atoms with E-state index in [9.17, 15) is 14.0 Å². The minimum absolute atomic E-state index is 0.185. The van der Waals surface area contributed by atoms with Gasteiger partial charge in [0.2, 0.25) is 0 Å². The van der Waals surface area contributed by atoms with Gasteiger partial charge in [-0.3, -0.25) is 9.48 Å². The molecule has 1 unspecified atom stereocenters. The van der Waals surface area contributed by atoms with Gasteiger partial charge >= 0.3 is 6.03 Å². The molecule has 3 rings (SSSR count). The second-order valence-corrected chi connectivity index (χ2v) is 5.90. The Bertz CT molecular complexity index is 777. The Morgan fingerprint density at radius 2 is 2.32 bits per heavy atom. The Morgan fingerprint density at radius 3 is 2.96 bits per heavy atom. The van der Waals surface area contributed by atoms with E-state index in [-0.39, 0.29) is 36.0 Å². The lowest BCUT2D eigenvalue weighted by Gasteiger charge is -2.27. The van der Waals surface area contributed by atoms with Gasteiger partial charge in [0, 0.05) is 26.7 Å². The molecule has 0 bridgehead atoms. The summed E-state index contributed by atoms with van der Waals surface area (Å²) in [4.78, 5) is 25.8. The van der Waals surface area contributed by atoms with E-state index >= 15 is 0 Å². The second kappa shape index (κ2) is 7.29. The van der Waals surface area contributed by atoms with Crippen LogP contribution in [-0.4, -0.2) is 57.5 Å². The zero-order chi connectivity index (χ0) is 17.8. The molecule has 2 aromatic rings. The molecule has 0 radical (unpaired) electrons. The highest BCUT2D eigenvalue weighted by Crippen LogP contribution is 2.13. The number of halogens is 1. The molecule has 1 aliphatic heterocycles. The first-order chi connectivity index (χ1) is 12.0. The summed E-state index contributed by atoms with van der Waals surface area (Å²) < 4.78 is 14.9. The molecule has 1 fully saturated rings. The van der Waals surface area contributed by atoms with Gasteiger partial charge < -0.3 is 15.5 Å². The van der Waals surface area contributed by atoms with Gasteiger partial charge in [-0.05, 0) is 24.1 Å². The SMILES string of the molecule is Cn1cc(C(=O)NCC(Cc2cccc(F)c2)N2CCNC2=O)nn1. The van der Waals surface area contributed by atoms with Crippen LogP contribution in [-0.2, 0) is 13.5 Å². The fourth-order valence-corrected chi connectivity index (χ4v) is 2.82. The average Bonchev–Trinajstić information content (AvgIpc) is 3.20. The minimum Gasteiger partial charge on any atom is -0.349 e. The summed E-state index contributed by atoms with van der Waals surface area (Å²) in [5, 5.41) is 13.0. The van der Waals surface area contributed by atoms with E-state index in [1.165, 1.54) is 23.0 Å². The molecular weight excluding hydrogens is 327 g/mol. The quantitative estimate of drug-likeness (QED) is 0.788. The summed E-state index contributed by atoms with van der Waals surface area (Å²) in [5.74, 6) is -0.692. The number of hydrogen-bond donors (Lipinski definition) is 2.